The number of hydrogen-bond acceptors (Lipinski definition) is 2. The Balaban J connectivity index is 1.80. The SMILES string of the molecule is CCC1CN(CCc2ccccc2)CCC1N. The molecule has 1 heterocycles. The Morgan fingerprint density at radius 3 is 2.76 bits per heavy atom. The standard InChI is InChI=1S/C15H24N2/c1-2-14-12-17(11-9-15(14)16)10-8-13-6-4-3-5-7-13/h3-7,14-15H,2,8-12,16H2,1H3. The maximum Gasteiger partial charge on any atom is 0.00914 e. The molecule has 1 fully saturated rings. The molecule has 2 atom stereocenters. The van der Waals surface area contributed by atoms with Crippen molar-refractivity contribution in [1.29, 1.82) is 0 Å². The van der Waals surface area contributed by atoms with Gasteiger partial charge in [-0.15, -0.1) is 0 Å². The Kier molecular flexibility index (Phi) is 4.57. The second-order valence-corrected chi connectivity index (χ2v) is 5.16. The minimum atomic E-state index is 0.424. The van der Waals surface area contributed by atoms with E-state index in [4.69, 9.17) is 5.73 Å². The highest BCUT2D eigenvalue weighted by molar-refractivity contribution is 5.14. The summed E-state index contributed by atoms with van der Waals surface area (Å²) in [6, 6.07) is 11.2. The van der Waals surface area contributed by atoms with E-state index in [2.05, 4.69) is 42.2 Å². The van der Waals surface area contributed by atoms with Crippen LogP contribution in [0.25, 0.3) is 0 Å². The van der Waals surface area contributed by atoms with Crippen molar-refractivity contribution in [1.82, 2.24) is 4.90 Å². The molecule has 2 nitrogen and oxygen atoms in total. The smallest absolute Gasteiger partial charge is 0.00914 e. The van der Waals surface area contributed by atoms with Crippen molar-refractivity contribution in [3.05, 3.63) is 35.9 Å². The monoisotopic (exact) mass is 232 g/mol. The zero-order valence-corrected chi connectivity index (χ0v) is 10.8. The molecule has 0 spiro atoms. The number of hydrogen-bond donors (Lipinski definition) is 1. The zero-order valence-electron chi connectivity index (χ0n) is 10.8. The van der Waals surface area contributed by atoms with Gasteiger partial charge >= 0.3 is 0 Å². The summed E-state index contributed by atoms with van der Waals surface area (Å²) >= 11 is 0. The van der Waals surface area contributed by atoms with E-state index >= 15 is 0 Å². The minimum Gasteiger partial charge on any atom is -0.327 e. The third-order valence-electron chi connectivity index (χ3n) is 3.96. The molecule has 0 amide bonds. The minimum absolute atomic E-state index is 0.424. The molecule has 1 aromatic rings. The van der Waals surface area contributed by atoms with E-state index in [1.165, 1.54) is 31.6 Å². The van der Waals surface area contributed by atoms with Crippen LogP contribution in [0, 0.1) is 5.92 Å². The third-order valence-corrected chi connectivity index (χ3v) is 3.96. The summed E-state index contributed by atoms with van der Waals surface area (Å²) in [5.41, 5.74) is 7.57. The number of nitrogens with zero attached hydrogens (tertiary/aromatic N) is 1. The summed E-state index contributed by atoms with van der Waals surface area (Å²) in [7, 11) is 0. The van der Waals surface area contributed by atoms with Gasteiger partial charge in [0.05, 0.1) is 0 Å². The Hall–Kier alpha value is -0.860. The van der Waals surface area contributed by atoms with Crippen molar-refractivity contribution in [2.45, 2.75) is 32.2 Å². The maximum absolute atomic E-state index is 6.13. The van der Waals surface area contributed by atoms with Gasteiger partial charge in [0, 0.05) is 19.1 Å². The van der Waals surface area contributed by atoms with Crippen molar-refractivity contribution < 1.29 is 0 Å². The van der Waals surface area contributed by atoms with Crippen molar-refractivity contribution in [3.8, 4) is 0 Å². The molecule has 2 N–H and O–H groups in total. The van der Waals surface area contributed by atoms with Crippen molar-refractivity contribution in [2.24, 2.45) is 11.7 Å². The predicted octanol–water partition coefficient (Wildman–Crippen LogP) is 2.29. The van der Waals surface area contributed by atoms with E-state index < -0.39 is 0 Å². The molecule has 0 bridgehead atoms. The summed E-state index contributed by atoms with van der Waals surface area (Å²) in [4.78, 5) is 2.57. The summed E-state index contributed by atoms with van der Waals surface area (Å²) in [6.45, 7) is 5.79. The van der Waals surface area contributed by atoms with Gasteiger partial charge in [0.2, 0.25) is 0 Å². The van der Waals surface area contributed by atoms with Crippen LogP contribution in [0.3, 0.4) is 0 Å². The average Bonchev–Trinajstić information content (AvgIpc) is 2.39. The molecule has 0 aliphatic carbocycles. The first-order valence-corrected chi connectivity index (χ1v) is 6.81. The summed E-state index contributed by atoms with van der Waals surface area (Å²) in [5, 5.41) is 0. The number of piperidine rings is 1. The first-order valence-electron chi connectivity index (χ1n) is 6.81. The van der Waals surface area contributed by atoms with Gasteiger partial charge in [-0.1, -0.05) is 43.7 Å². The fourth-order valence-electron chi connectivity index (χ4n) is 2.69. The van der Waals surface area contributed by atoms with Crippen LogP contribution in [0.2, 0.25) is 0 Å². The van der Waals surface area contributed by atoms with Gasteiger partial charge in [0.25, 0.3) is 0 Å². The lowest BCUT2D eigenvalue weighted by atomic mass is 9.90. The maximum atomic E-state index is 6.13. The molecule has 2 unspecified atom stereocenters. The highest BCUT2D eigenvalue weighted by Gasteiger charge is 2.24. The van der Waals surface area contributed by atoms with Crippen LogP contribution >= 0.6 is 0 Å². The lowest BCUT2D eigenvalue weighted by molar-refractivity contribution is 0.153. The van der Waals surface area contributed by atoms with Gasteiger partial charge in [0.15, 0.2) is 0 Å². The molecular formula is C15H24N2. The zero-order chi connectivity index (χ0) is 12.1. The lowest BCUT2D eigenvalue weighted by Crippen LogP contribution is -2.47. The molecular weight excluding hydrogens is 208 g/mol. The van der Waals surface area contributed by atoms with Crippen LogP contribution < -0.4 is 5.73 Å². The van der Waals surface area contributed by atoms with Gasteiger partial charge in [-0.2, -0.15) is 0 Å². The van der Waals surface area contributed by atoms with E-state index in [1.807, 2.05) is 0 Å². The summed E-state index contributed by atoms with van der Waals surface area (Å²) < 4.78 is 0. The molecule has 1 aromatic carbocycles. The Labute approximate surface area is 105 Å². The van der Waals surface area contributed by atoms with Crippen LogP contribution in [0.15, 0.2) is 30.3 Å². The number of benzene rings is 1. The molecule has 0 radical (unpaired) electrons. The van der Waals surface area contributed by atoms with E-state index in [1.54, 1.807) is 0 Å². The molecule has 2 rings (SSSR count). The normalized spacial score (nSPS) is 26.0. The van der Waals surface area contributed by atoms with E-state index in [0.29, 0.717) is 12.0 Å². The molecule has 0 aromatic heterocycles. The van der Waals surface area contributed by atoms with Crippen LogP contribution in [0.4, 0.5) is 0 Å². The van der Waals surface area contributed by atoms with Crippen molar-refractivity contribution >= 4 is 0 Å². The molecule has 17 heavy (non-hydrogen) atoms. The first kappa shape index (κ1) is 12.6. The van der Waals surface area contributed by atoms with E-state index in [9.17, 15) is 0 Å². The van der Waals surface area contributed by atoms with Crippen molar-refractivity contribution in [3.63, 3.8) is 0 Å². The predicted molar refractivity (Wildman–Crippen MR) is 73.0 cm³/mol. The highest BCUT2D eigenvalue weighted by Crippen LogP contribution is 2.18. The first-order chi connectivity index (χ1) is 8.29. The average molecular weight is 232 g/mol. The number of rotatable bonds is 4. The number of nitrogens with two attached hydrogens (primary N) is 1. The Morgan fingerprint density at radius 1 is 1.29 bits per heavy atom. The van der Waals surface area contributed by atoms with Gasteiger partial charge in [-0.05, 0) is 30.9 Å². The van der Waals surface area contributed by atoms with Crippen LogP contribution in [0.1, 0.15) is 25.3 Å². The van der Waals surface area contributed by atoms with Gasteiger partial charge in [-0.25, -0.2) is 0 Å². The third kappa shape index (κ3) is 3.55. The van der Waals surface area contributed by atoms with Gasteiger partial charge in [-0.3, -0.25) is 0 Å². The van der Waals surface area contributed by atoms with Gasteiger partial charge < -0.3 is 10.6 Å². The topological polar surface area (TPSA) is 29.3 Å². The van der Waals surface area contributed by atoms with Crippen molar-refractivity contribution in [2.75, 3.05) is 19.6 Å². The van der Waals surface area contributed by atoms with Crippen LogP contribution in [0.5, 0.6) is 0 Å². The molecule has 2 heteroatoms. The molecule has 0 saturated carbocycles. The molecule has 1 aliphatic heterocycles. The fourth-order valence-corrected chi connectivity index (χ4v) is 2.69. The lowest BCUT2D eigenvalue weighted by Gasteiger charge is -2.36. The van der Waals surface area contributed by atoms with Crippen LogP contribution in [-0.2, 0) is 6.42 Å². The molecule has 1 saturated heterocycles. The second kappa shape index (κ2) is 6.18. The molecule has 94 valence electrons. The van der Waals surface area contributed by atoms with E-state index in [0.717, 1.165) is 12.8 Å². The quantitative estimate of drug-likeness (QED) is 0.863. The van der Waals surface area contributed by atoms with Gasteiger partial charge in [0.1, 0.15) is 0 Å². The largest absolute Gasteiger partial charge is 0.327 e. The fraction of sp³-hybridized carbons (Fsp3) is 0.600. The Morgan fingerprint density at radius 2 is 2.06 bits per heavy atom. The Bertz CT molecular complexity index is 323. The second-order valence-electron chi connectivity index (χ2n) is 5.16. The van der Waals surface area contributed by atoms with E-state index in [-0.39, 0.29) is 0 Å². The van der Waals surface area contributed by atoms with Crippen LogP contribution in [-0.4, -0.2) is 30.6 Å². The summed E-state index contributed by atoms with van der Waals surface area (Å²) in [5.74, 6) is 0.694. The summed E-state index contributed by atoms with van der Waals surface area (Å²) in [6.07, 6.45) is 3.53. The molecule has 1 aliphatic rings. The highest BCUT2D eigenvalue weighted by atomic mass is 15.1. The number of likely N-dealkylation sites (tertiary alicyclic amines) is 1.